The van der Waals surface area contributed by atoms with Crippen molar-refractivity contribution in [2.75, 3.05) is 22.6 Å². The largest absolute Gasteiger partial charge is 0.507 e. The maximum atomic E-state index is 13.7. The Morgan fingerprint density at radius 2 is 1.56 bits per heavy atom. The van der Waals surface area contributed by atoms with Gasteiger partial charge in [0.1, 0.15) is 22.7 Å². The van der Waals surface area contributed by atoms with Gasteiger partial charge in [0.25, 0.3) is 5.91 Å². The molecule has 0 spiro atoms. The molecule has 0 unspecified atom stereocenters. The number of phenolic OH excluding ortho intramolecular Hbond substituents is 1. The quantitative estimate of drug-likeness (QED) is 0.168. The van der Waals surface area contributed by atoms with E-state index in [1.165, 1.54) is 19.4 Å². The van der Waals surface area contributed by atoms with Crippen molar-refractivity contribution in [3.8, 4) is 11.5 Å². The Morgan fingerprint density at radius 3 is 2.33 bits per heavy atom. The molecule has 2 heterocycles. The van der Waals surface area contributed by atoms with Crippen molar-refractivity contribution in [3.63, 3.8) is 0 Å². The Balaban J connectivity index is 1.22. The molecule has 3 N–H and O–H groups in total. The molecular weight excluding hydrogens is 627 g/mol. The Kier molecular flexibility index (Phi) is 7.45. The number of nitrogens with one attached hydrogen (secondary N) is 2. The average molecular weight is 652 g/mol. The number of nitrogens with zero attached hydrogens (tertiary/aromatic N) is 3. The molecule has 0 saturated heterocycles. The lowest BCUT2D eigenvalue weighted by Gasteiger charge is -2.23. The van der Waals surface area contributed by atoms with Gasteiger partial charge in [0.2, 0.25) is 5.82 Å². The number of aromatic hydroxyl groups is 1. The van der Waals surface area contributed by atoms with Gasteiger partial charge >= 0.3 is 12.1 Å². The zero-order chi connectivity index (χ0) is 33.6. The Labute approximate surface area is 270 Å². The van der Waals surface area contributed by atoms with E-state index in [1.807, 2.05) is 24.3 Å². The lowest BCUT2D eigenvalue weighted by atomic mass is 10.0. The van der Waals surface area contributed by atoms with E-state index in [0.717, 1.165) is 34.8 Å². The number of hydrazine groups is 2. The Hall–Kier alpha value is -6.34. The molecule has 48 heavy (non-hydrogen) atoms. The van der Waals surface area contributed by atoms with Crippen molar-refractivity contribution < 1.29 is 37.4 Å². The number of rotatable bonds is 6. The topological polar surface area (TPSA) is 116 Å². The van der Waals surface area contributed by atoms with Crippen molar-refractivity contribution >= 4 is 56.3 Å². The number of amides is 1. The summed E-state index contributed by atoms with van der Waals surface area (Å²) in [6.45, 7) is 0. The minimum atomic E-state index is -4.53. The predicted molar refractivity (Wildman–Crippen MR) is 173 cm³/mol. The molecule has 6 aromatic rings. The number of fused-ring (bicyclic) bond motifs is 3. The molecule has 1 amide bonds. The number of carbonyl (C=O) groups excluding carboxylic acids is 2. The first-order valence-electron chi connectivity index (χ1n) is 14.5. The highest BCUT2D eigenvalue weighted by Crippen LogP contribution is 2.42. The van der Waals surface area contributed by atoms with E-state index in [1.54, 1.807) is 53.5 Å². The van der Waals surface area contributed by atoms with E-state index in [-0.39, 0.29) is 28.4 Å². The molecule has 1 aliphatic rings. The van der Waals surface area contributed by atoms with E-state index in [0.29, 0.717) is 33.3 Å². The Morgan fingerprint density at radius 1 is 0.812 bits per heavy atom. The summed E-state index contributed by atoms with van der Waals surface area (Å²) in [5.74, 6) is -1.18. The molecule has 0 fully saturated rings. The Bertz CT molecular complexity index is 2230. The first-order chi connectivity index (χ1) is 23.1. The number of anilines is 4. The number of aromatic nitrogens is 1. The summed E-state index contributed by atoms with van der Waals surface area (Å²) in [7, 11) is 1.46. The lowest BCUT2D eigenvalue weighted by Crippen LogP contribution is -2.43. The van der Waals surface area contributed by atoms with Gasteiger partial charge in [-0.05, 0) is 66.0 Å². The average Bonchev–Trinajstić information content (AvgIpc) is 3.44. The van der Waals surface area contributed by atoms with Crippen LogP contribution in [-0.4, -0.2) is 29.1 Å². The van der Waals surface area contributed by atoms with Crippen LogP contribution in [0.25, 0.3) is 21.5 Å². The van der Waals surface area contributed by atoms with Crippen LogP contribution in [0.1, 0.15) is 26.3 Å². The van der Waals surface area contributed by atoms with Gasteiger partial charge in [0, 0.05) is 28.0 Å². The van der Waals surface area contributed by atoms with Gasteiger partial charge in [0.15, 0.2) is 0 Å². The van der Waals surface area contributed by atoms with Gasteiger partial charge in [-0.2, -0.15) is 13.2 Å². The molecule has 1 aliphatic heterocycles. The lowest BCUT2D eigenvalue weighted by molar-refractivity contribution is -0.137. The maximum Gasteiger partial charge on any atom is 0.416 e. The van der Waals surface area contributed by atoms with Gasteiger partial charge in [0.05, 0.1) is 23.9 Å². The first-order valence-corrected chi connectivity index (χ1v) is 14.5. The maximum absolute atomic E-state index is 13.7. The monoisotopic (exact) mass is 651 g/mol. The number of ether oxygens (including phenoxy) is 1. The molecule has 240 valence electrons. The molecule has 0 aliphatic carbocycles. The van der Waals surface area contributed by atoms with Crippen LogP contribution in [0, 0.1) is 0 Å². The van der Waals surface area contributed by atoms with Gasteiger partial charge < -0.3 is 20.0 Å². The number of hydrogen-bond donors (Lipinski definition) is 3. The highest BCUT2D eigenvalue weighted by molar-refractivity contribution is 6.17. The number of halogens is 3. The van der Waals surface area contributed by atoms with Crippen molar-refractivity contribution in [3.05, 3.63) is 126 Å². The minimum Gasteiger partial charge on any atom is -0.507 e. The minimum absolute atomic E-state index is 0.0915. The summed E-state index contributed by atoms with van der Waals surface area (Å²) in [5.41, 5.74) is 3.43. The number of carbonyl (C=O) groups is 2. The molecule has 13 heteroatoms. The fourth-order valence-corrected chi connectivity index (χ4v) is 5.62. The van der Waals surface area contributed by atoms with Gasteiger partial charge in [-0.15, -0.1) is 5.53 Å². The second-order valence-corrected chi connectivity index (χ2v) is 10.7. The number of benzene rings is 5. The highest BCUT2D eigenvalue weighted by atomic mass is 19.4. The number of pyridine rings is 1. The molecule has 0 radical (unpaired) electrons. The number of hydrogen-bond acceptors (Lipinski definition) is 9. The molecular formula is C35H24F3N5O5. The number of methoxy groups -OCH3 is 1. The summed E-state index contributed by atoms with van der Waals surface area (Å²) < 4.78 is 44.5. The summed E-state index contributed by atoms with van der Waals surface area (Å²) in [6.07, 6.45) is -2.99. The van der Waals surface area contributed by atoms with Crippen molar-refractivity contribution in [1.82, 2.24) is 10.5 Å². The van der Waals surface area contributed by atoms with Crippen molar-refractivity contribution in [1.29, 1.82) is 0 Å². The van der Waals surface area contributed by atoms with Crippen molar-refractivity contribution in [2.45, 2.75) is 6.18 Å². The molecule has 0 atom stereocenters. The number of alkyl halides is 3. The van der Waals surface area contributed by atoms with E-state index in [2.05, 4.69) is 15.8 Å². The van der Waals surface area contributed by atoms with E-state index < -0.39 is 23.6 Å². The van der Waals surface area contributed by atoms with Crippen LogP contribution in [-0.2, 0) is 11.0 Å². The zero-order valence-electron chi connectivity index (χ0n) is 24.9. The molecule has 10 nitrogen and oxygen atoms in total. The molecule has 0 saturated carbocycles. The second kappa shape index (κ2) is 11.8. The smallest absolute Gasteiger partial charge is 0.416 e. The van der Waals surface area contributed by atoms with Gasteiger partial charge in [-0.3, -0.25) is 9.80 Å². The van der Waals surface area contributed by atoms with Crippen LogP contribution in [0.2, 0.25) is 0 Å². The van der Waals surface area contributed by atoms with Crippen LogP contribution >= 0.6 is 0 Å². The van der Waals surface area contributed by atoms with Crippen LogP contribution in [0.15, 0.2) is 109 Å². The van der Waals surface area contributed by atoms with Crippen LogP contribution < -0.4 is 25.8 Å². The van der Waals surface area contributed by atoms with E-state index in [9.17, 15) is 27.9 Å². The third-order valence-corrected chi connectivity index (χ3v) is 7.83. The molecule has 1 aromatic heterocycles. The summed E-state index contributed by atoms with van der Waals surface area (Å²) in [5, 5.41) is 18.4. The summed E-state index contributed by atoms with van der Waals surface area (Å²) in [6, 6.07) is 26.3. The van der Waals surface area contributed by atoms with Gasteiger partial charge in [-0.1, -0.05) is 47.6 Å². The number of phenols is 1. The molecule has 7 rings (SSSR count). The van der Waals surface area contributed by atoms with Gasteiger partial charge in [-0.25, -0.2) is 9.78 Å². The second-order valence-electron chi connectivity index (χ2n) is 10.7. The molecule has 0 bridgehead atoms. The SMILES string of the molecule is COc1ccc2ccccc2c1C(=O)ON1NN(c2cccc3c(C(=O)Nc4ccc(C(F)(F)F)cc4)c(O)ccc23)c2cccnc21. The zero-order valence-corrected chi connectivity index (χ0v) is 24.9. The summed E-state index contributed by atoms with van der Waals surface area (Å²) in [4.78, 5) is 37.3. The third-order valence-electron chi connectivity index (χ3n) is 7.83. The van der Waals surface area contributed by atoms with Crippen LogP contribution in [0.5, 0.6) is 11.5 Å². The fraction of sp³-hybridized carbons (Fsp3) is 0.0571. The van der Waals surface area contributed by atoms with Crippen LogP contribution in [0.3, 0.4) is 0 Å². The third kappa shape index (κ3) is 5.31. The highest BCUT2D eigenvalue weighted by Gasteiger charge is 2.34. The summed E-state index contributed by atoms with van der Waals surface area (Å²) >= 11 is 0. The standard InChI is InChI=1S/C35H24F3N5O5/c1-47-29-18-11-20-6-2-3-7-23(20)31(29)34(46)48-43-32-27(10-5-19-39-32)42(41-43)26-9-4-8-25-24(26)16-17-28(44)30(25)33(45)40-22-14-12-21(13-15-22)35(36,37)38/h2-19,41,44H,1H3,(H,40,45). The normalized spacial score (nSPS) is 12.7. The van der Waals surface area contributed by atoms with E-state index >= 15 is 0 Å². The fourth-order valence-electron chi connectivity index (χ4n) is 5.62. The van der Waals surface area contributed by atoms with E-state index in [4.69, 9.17) is 9.57 Å². The van der Waals surface area contributed by atoms with Crippen molar-refractivity contribution in [2.24, 2.45) is 0 Å². The van der Waals surface area contributed by atoms with Crippen LogP contribution in [0.4, 0.5) is 36.1 Å². The first kappa shape index (κ1) is 30.3. The predicted octanol–water partition coefficient (Wildman–Crippen LogP) is 7.52. The molecule has 5 aromatic carbocycles.